The molecule has 0 aliphatic heterocycles. The van der Waals surface area contributed by atoms with E-state index in [0.29, 0.717) is 12.8 Å². The quantitative estimate of drug-likeness (QED) is 0.335. The fraction of sp³-hybridized carbons (Fsp3) is 0.615. The van der Waals surface area contributed by atoms with Crippen molar-refractivity contribution < 1.29 is 14.6 Å². The van der Waals surface area contributed by atoms with E-state index in [9.17, 15) is 9.90 Å². The second kappa shape index (κ2) is 5.07. The van der Waals surface area contributed by atoms with Crippen LogP contribution in [0.3, 0.4) is 0 Å². The number of carbonyl (C=O) groups excluding carboxylic acids is 1. The van der Waals surface area contributed by atoms with Gasteiger partial charge in [-0.2, -0.15) is 0 Å². The Hall–Kier alpha value is -1.05. The van der Waals surface area contributed by atoms with Crippen LogP contribution in [0.2, 0.25) is 19.6 Å². The van der Waals surface area contributed by atoms with E-state index in [1.54, 1.807) is 6.08 Å². The van der Waals surface area contributed by atoms with Crippen molar-refractivity contribution in [2.75, 3.05) is 7.11 Å². The van der Waals surface area contributed by atoms with E-state index in [2.05, 4.69) is 35.8 Å². The third-order valence-electron chi connectivity index (χ3n) is 2.56. The van der Waals surface area contributed by atoms with Crippen LogP contribution < -0.4 is 0 Å². The number of rotatable bonds is 1. The summed E-state index contributed by atoms with van der Waals surface area (Å²) in [7, 11) is -0.148. The molecule has 3 nitrogen and oxygen atoms in total. The van der Waals surface area contributed by atoms with Crippen molar-refractivity contribution in [1.29, 1.82) is 0 Å². The molecule has 0 unspecified atom stereocenters. The Morgan fingerprint density at radius 1 is 1.53 bits per heavy atom. The highest BCUT2D eigenvalue weighted by Crippen LogP contribution is 2.28. The summed E-state index contributed by atoms with van der Waals surface area (Å²) in [5, 5.41) is 10.3. The normalized spacial score (nSPS) is 28.2. The van der Waals surface area contributed by atoms with Gasteiger partial charge in [0.2, 0.25) is 0 Å². The molecule has 0 saturated carbocycles. The highest BCUT2D eigenvalue weighted by molar-refractivity contribution is 6.83. The summed E-state index contributed by atoms with van der Waals surface area (Å²) in [5.41, 5.74) is 2.09. The molecule has 1 N–H and O–H groups in total. The molecule has 0 amide bonds. The van der Waals surface area contributed by atoms with Gasteiger partial charge in [-0.1, -0.05) is 37.7 Å². The van der Waals surface area contributed by atoms with Gasteiger partial charge in [0.15, 0.2) is 0 Å². The van der Waals surface area contributed by atoms with E-state index in [1.807, 2.05) is 6.08 Å². The second-order valence-corrected chi connectivity index (χ2v) is 10.2. The standard InChI is InChI=1S/C13H20O3Si/c1-16-12(14)11-6-5-7-13(15,10-11)8-9-17(2,3)4/h5-6,11,15H,7,10H2,1-4H3/t11-,13+/m0/s1. The van der Waals surface area contributed by atoms with E-state index in [-0.39, 0.29) is 11.9 Å². The topological polar surface area (TPSA) is 46.5 Å². The minimum absolute atomic E-state index is 0.311. The molecule has 94 valence electrons. The van der Waals surface area contributed by atoms with Crippen molar-refractivity contribution in [3.05, 3.63) is 12.2 Å². The molecule has 0 spiro atoms. The zero-order valence-electron chi connectivity index (χ0n) is 10.9. The van der Waals surface area contributed by atoms with Crippen molar-refractivity contribution in [1.82, 2.24) is 0 Å². The van der Waals surface area contributed by atoms with Gasteiger partial charge in [-0.15, -0.1) is 5.54 Å². The summed E-state index contributed by atoms with van der Waals surface area (Å²) >= 11 is 0. The van der Waals surface area contributed by atoms with Gasteiger partial charge in [-0.25, -0.2) is 0 Å². The Morgan fingerprint density at radius 2 is 2.18 bits per heavy atom. The first-order valence-corrected chi connectivity index (χ1v) is 9.27. The SMILES string of the molecule is COC(=O)[C@H]1C=CC[C@@](O)(C#C[Si](C)(C)C)C1. The number of ether oxygens (including phenoxy) is 1. The molecule has 0 aromatic carbocycles. The van der Waals surface area contributed by atoms with Crippen LogP contribution in [0.5, 0.6) is 0 Å². The zero-order valence-corrected chi connectivity index (χ0v) is 11.9. The highest BCUT2D eigenvalue weighted by Gasteiger charge is 2.33. The molecular weight excluding hydrogens is 232 g/mol. The maximum atomic E-state index is 11.4. The van der Waals surface area contributed by atoms with E-state index >= 15 is 0 Å². The van der Waals surface area contributed by atoms with E-state index in [0.717, 1.165) is 0 Å². The molecule has 17 heavy (non-hydrogen) atoms. The molecule has 0 bridgehead atoms. The monoisotopic (exact) mass is 252 g/mol. The number of aliphatic hydroxyl groups is 1. The zero-order chi connectivity index (χ0) is 13.1. The van der Waals surface area contributed by atoms with Crippen LogP contribution >= 0.6 is 0 Å². The average Bonchev–Trinajstić information content (AvgIpc) is 2.25. The van der Waals surface area contributed by atoms with Crippen LogP contribution in [0.25, 0.3) is 0 Å². The van der Waals surface area contributed by atoms with Gasteiger partial charge in [-0.3, -0.25) is 4.79 Å². The predicted octanol–water partition coefficient (Wildman–Crippen LogP) is 1.74. The molecule has 0 aromatic rings. The molecule has 4 heteroatoms. The molecule has 2 atom stereocenters. The maximum Gasteiger partial charge on any atom is 0.312 e. The largest absolute Gasteiger partial charge is 0.469 e. The molecule has 1 aliphatic carbocycles. The smallest absolute Gasteiger partial charge is 0.312 e. The van der Waals surface area contributed by atoms with Gasteiger partial charge in [-0.05, 0) is 0 Å². The van der Waals surface area contributed by atoms with Crippen molar-refractivity contribution in [3.63, 3.8) is 0 Å². The van der Waals surface area contributed by atoms with Crippen LogP contribution in [0.4, 0.5) is 0 Å². The molecule has 0 saturated heterocycles. The summed E-state index contributed by atoms with van der Waals surface area (Å²) in [6.07, 6.45) is 4.41. The Kier molecular flexibility index (Phi) is 4.18. The molecule has 0 aromatic heterocycles. The van der Waals surface area contributed by atoms with Crippen molar-refractivity contribution >= 4 is 14.0 Å². The molecule has 1 rings (SSSR count). The minimum Gasteiger partial charge on any atom is -0.469 e. The van der Waals surface area contributed by atoms with Crippen molar-refractivity contribution in [2.45, 2.75) is 38.1 Å². The van der Waals surface area contributed by atoms with Crippen LogP contribution in [-0.2, 0) is 9.53 Å². The fourth-order valence-electron chi connectivity index (χ4n) is 1.66. The van der Waals surface area contributed by atoms with E-state index in [1.165, 1.54) is 7.11 Å². The van der Waals surface area contributed by atoms with E-state index < -0.39 is 13.7 Å². The highest BCUT2D eigenvalue weighted by atomic mass is 28.3. The van der Waals surface area contributed by atoms with Gasteiger partial charge in [0.1, 0.15) is 13.7 Å². The van der Waals surface area contributed by atoms with Crippen LogP contribution in [0.1, 0.15) is 12.8 Å². The minimum atomic E-state index is -1.51. The number of methoxy groups -OCH3 is 1. The third-order valence-corrected chi connectivity index (χ3v) is 3.43. The molecule has 0 heterocycles. The molecule has 1 aliphatic rings. The summed E-state index contributed by atoms with van der Waals surface area (Å²) in [6.45, 7) is 6.37. The van der Waals surface area contributed by atoms with Crippen LogP contribution in [-0.4, -0.2) is 31.9 Å². The van der Waals surface area contributed by atoms with Gasteiger partial charge < -0.3 is 9.84 Å². The van der Waals surface area contributed by atoms with Gasteiger partial charge >= 0.3 is 5.97 Å². The Labute approximate surface area is 104 Å². The number of hydrogen-bond acceptors (Lipinski definition) is 3. The van der Waals surface area contributed by atoms with Gasteiger partial charge in [0.25, 0.3) is 0 Å². The fourth-order valence-corrected chi connectivity index (χ4v) is 2.27. The first-order valence-electron chi connectivity index (χ1n) is 5.77. The van der Waals surface area contributed by atoms with Crippen molar-refractivity contribution in [3.8, 4) is 11.5 Å². The molecular formula is C13H20O3Si. The maximum absolute atomic E-state index is 11.4. The molecule has 0 radical (unpaired) electrons. The summed E-state index contributed by atoms with van der Waals surface area (Å²) in [6, 6.07) is 0. The number of hydrogen-bond donors (Lipinski definition) is 1. The van der Waals surface area contributed by atoms with Gasteiger partial charge in [0, 0.05) is 12.8 Å². The number of carbonyl (C=O) groups is 1. The van der Waals surface area contributed by atoms with Crippen LogP contribution in [0, 0.1) is 17.4 Å². The molecule has 0 fully saturated rings. The Bertz CT molecular complexity index is 384. The van der Waals surface area contributed by atoms with E-state index in [4.69, 9.17) is 0 Å². The lowest BCUT2D eigenvalue weighted by molar-refractivity contribution is -0.145. The van der Waals surface area contributed by atoms with Gasteiger partial charge in [0.05, 0.1) is 13.0 Å². The predicted molar refractivity (Wildman–Crippen MR) is 70.0 cm³/mol. The van der Waals surface area contributed by atoms with Crippen molar-refractivity contribution in [2.24, 2.45) is 5.92 Å². The summed E-state index contributed by atoms with van der Waals surface area (Å²) in [4.78, 5) is 11.4. The Morgan fingerprint density at radius 3 is 2.71 bits per heavy atom. The lowest BCUT2D eigenvalue weighted by Gasteiger charge is -2.28. The third kappa shape index (κ3) is 4.37. The summed E-state index contributed by atoms with van der Waals surface area (Å²) in [5.74, 6) is 2.26. The first kappa shape index (κ1) is 14.0. The lowest BCUT2D eigenvalue weighted by atomic mass is 9.83. The summed E-state index contributed by atoms with van der Waals surface area (Å²) < 4.78 is 4.69. The lowest BCUT2D eigenvalue weighted by Crippen LogP contribution is -2.35. The Balaban J connectivity index is 2.82. The second-order valence-electron chi connectivity index (χ2n) is 5.50. The first-order chi connectivity index (χ1) is 7.76. The van der Waals surface area contributed by atoms with Crippen LogP contribution in [0.15, 0.2) is 12.2 Å². The average molecular weight is 252 g/mol. The number of esters is 1.